The van der Waals surface area contributed by atoms with Gasteiger partial charge in [-0.2, -0.15) is 0 Å². The maximum absolute atomic E-state index is 6.07. The van der Waals surface area contributed by atoms with Gasteiger partial charge in [-0.15, -0.1) is 0 Å². The molecule has 4 unspecified atom stereocenters. The van der Waals surface area contributed by atoms with Crippen molar-refractivity contribution in [2.24, 2.45) is 11.8 Å². The molecule has 1 aliphatic rings. The summed E-state index contributed by atoms with van der Waals surface area (Å²) in [5.41, 5.74) is 1.23. The van der Waals surface area contributed by atoms with Gasteiger partial charge in [-0.25, -0.2) is 4.98 Å². The van der Waals surface area contributed by atoms with Gasteiger partial charge in [0.1, 0.15) is 6.10 Å². The van der Waals surface area contributed by atoms with E-state index >= 15 is 0 Å². The third kappa shape index (κ3) is 3.69. The summed E-state index contributed by atoms with van der Waals surface area (Å²) in [6.45, 7) is 6.81. The number of hydrogen-bond acceptors (Lipinski definition) is 3. The molecule has 1 aromatic heterocycles. The van der Waals surface area contributed by atoms with Crippen molar-refractivity contribution in [3.8, 4) is 5.88 Å². The van der Waals surface area contributed by atoms with E-state index in [1.165, 1.54) is 12.0 Å². The van der Waals surface area contributed by atoms with Crippen LogP contribution in [0.3, 0.4) is 0 Å². The van der Waals surface area contributed by atoms with E-state index in [4.69, 9.17) is 4.74 Å². The lowest BCUT2D eigenvalue weighted by atomic mass is 9.80. The first-order chi connectivity index (χ1) is 9.10. The molecule has 0 saturated heterocycles. The van der Waals surface area contributed by atoms with Crippen LogP contribution >= 0.6 is 0 Å². The number of nitrogens with one attached hydrogen (secondary N) is 1. The molecule has 1 aliphatic carbocycles. The summed E-state index contributed by atoms with van der Waals surface area (Å²) in [5, 5.41) is 3.24. The predicted molar refractivity (Wildman–Crippen MR) is 78.3 cm³/mol. The summed E-state index contributed by atoms with van der Waals surface area (Å²) in [4.78, 5) is 4.34. The van der Waals surface area contributed by atoms with Gasteiger partial charge in [-0.05, 0) is 56.7 Å². The number of nitrogens with zero attached hydrogens (tertiary/aromatic N) is 1. The van der Waals surface area contributed by atoms with E-state index < -0.39 is 0 Å². The van der Waals surface area contributed by atoms with Gasteiger partial charge in [-0.1, -0.05) is 13.8 Å². The maximum Gasteiger partial charge on any atom is 0.213 e. The van der Waals surface area contributed by atoms with Crippen molar-refractivity contribution in [3.05, 3.63) is 23.9 Å². The van der Waals surface area contributed by atoms with E-state index in [0.717, 1.165) is 30.6 Å². The molecule has 0 radical (unpaired) electrons. The Labute approximate surface area is 116 Å². The van der Waals surface area contributed by atoms with Gasteiger partial charge in [0.25, 0.3) is 0 Å². The summed E-state index contributed by atoms with van der Waals surface area (Å²) < 4.78 is 6.07. The fourth-order valence-corrected chi connectivity index (χ4v) is 2.70. The van der Waals surface area contributed by atoms with Crippen molar-refractivity contribution in [1.82, 2.24) is 10.3 Å². The number of ether oxygens (including phenoxy) is 1. The Bertz CT molecular complexity index is 407. The highest BCUT2D eigenvalue weighted by Gasteiger charge is 2.26. The first-order valence-corrected chi connectivity index (χ1v) is 7.40. The molecule has 0 aliphatic heterocycles. The Hall–Kier alpha value is -1.09. The van der Waals surface area contributed by atoms with E-state index in [1.807, 2.05) is 19.3 Å². The summed E-state index contributed by atoms with van der Waals surface area (Å²) in [6.07, 6.45) is 5.73. The van der Waals surface area contributed by atoms with Gasteiger partial charge >= 0.3 is 0 Å². The van der Waals surface area contributed by atoms with Crippen molar-refractivity contribution in [2.75, 3.05) is 7.05 Å². The Morgan fingerprint density at radius 1 is 1.32 bits per heavy atom. The van der Waals surface area contributed by atoms with Gasteiger partial charge in [0.05, 0.1) is 0 Å². The monoisotopic (exact) mass is 262 g/mol. The van der Waals surface area contributed by atoms with E-state index in [1.54, 1.807) is 0 Å². The van der Waals surface area contributed by atoms with Crippen LogP contribution in [0.2, 0.25) is 0 Å². The molecular weight excluding hydrogens is 236 g/mol. The van der Waals surface area contributed by atoms with Crippen LogP contribution in [-0.4, -0.2) is 18.1 Å². The molecule has 1 heterocycles. The Morgan fingerprint density at radius 3 is 2.79 bits per heavy atom. The van der Waals surface area contributed by atoms with Crippen LogP contribution in [0.5, 0.6) is 5.88 Å². The van der Waals surface area contributed by atoms with Crippen LogP contribution in [0.4, 0.5) is 0 Å². The lowest BCUT2D eigenvalue weighted by Crippen LogP contribution is -2.29. The van der Waals surface area contributed by atoms with Gasteiger partial charge in [0, 0.05) is 18.3 Å². The maximum atomic E-state index is 6.07. The van der Waals surface area contributed by atoms with Crippen molar-refractivity contribution < 1.29 is 4.74 Å². The summed E-state index contributed by atoms with van der Waals surface area (Å²) >= 11 is 0. The number of pyridine rings is 1. The molecule has 1 fully saturated rings. The molecule has 19 heavy (non-hydrogen) atoms. The Balaban J connectivity index is 1.99. The van der Waals surface area contributed by atoms with Crippen molar-refractivity contribution in [3.63, 3.8) is 0 Å². The molecule has 0 aromatic carbocycles. The van der Waals surface area contributed by atoms with Crippen molar-refractivity contribution in [2.45, 2.75) is 52.2 Å². The second-order valence-corrected chi connectivity index (χ2v) is 5.95. The third-order valence-corrected chi connectivity index (χ3v) is 4.53. The van der Waals surface area contributed by atoms with Crippen molar-refractivity contribution in [1.29, 1.82) is 0 Å². The highest BCUT2D eigenvalue weighted by molar-refractivity contribution is 5.23. The fourth-order valence-electron chi connectivity index (χ4n) is 2.70. The predicted octanol–water partition coefficient (Wildman–Crippen LogP) is 3.57. The molecule has 106 valence electrons. The second-order valence-electron chi connectivity index (χ2n) is 5.95. The van der Waals surface area contributed by atoms with E-state index in [-0.39, 0.29) is 0 Å². The van der Waals surface area contributed by atoms with E-state index in [2.05, 4.69) is 37.1 Å². The molecule has 1 N–H and O–H groups in total. The minimum absolute atomic E-state index is 0.329. The van der Waals surface area contributed by atoms with Gasteiger partial charge in [-0.3, -0.25) is 0 Å². The molecule has 0 bridgehead atoms. The lowest BCUT2D eigenvalue weighted by molar-refractivity contribution is 0.0963. The number of rotatable bonds is 4. The molecule has 4 atom stereocenters. The summed E-state index contributed by atoms with van der Waals surface area (Å²) in [7, 11) is 1.97. The smallest absolute Gasteiger partial charge is 0.213 e. The zero-order valence-electron chi connectivity index (χ0n) is 12.5. The van der Waals surface area contributed by atoms with Crippen LogP contribution in [0.25, 0.3) is 0 Å². The van der Waals surface area contributed by atoms with E-state index in [0.29, 0.717) is 12.1 Å². The molecule has 0 amide bonds. The molecular formula is C16H26N2O. The quantitative estimate of drug-likeness (QED) is 0.900. The molecule has 3 nitrogen and oxygen atoms in total. The first kappa shape index (κ1) is 14.3. The lowest BCUT2D eigenvalue weighted by Gasteiger charge is -2.32. The SMILES string of the molecule is CNC(C)c1ccnc(OC2CCC(C)C(C)C2)c1. The van der Waals surface area contributed by atoms with Crippen LogP contribution in [0.15, 0.2) is 18.3 Å². The highest BCUT2D eigenvalue weighted by atomic mass is 16.5. The topological polar surface area (TPSA) is 34.2 Å². The third-order valence-electron chi connectivity index (χ3n) is 4.53. The highest BCUT2D eigenvalue weighted by Crippen LogP contribution is 2.31. The first-order valence-electron chi connectivity index (χ1n) is 7.40. The number of hydrogen-bond donors (Lipinski definition) is 1. The van der Waals surface area contributed by atoms with Gasteiger partial charge in [0.2, 0.25) is 5.88 Å². The number of aromatic nitrogens is 1. The normalized spacial score (nSPS) is 28.9. The van der Waals surface area contributed by atoms with Crippen LogP contribution in [-0.2, 0) is 0 Å². The molecule has 0 spiro atoms. The summed E-state index contributed by atoms with van der Waals surface area (Å²) in [6, 6.07) is 4.43. The average Bonchev–Trinajstić information content (AvgIpc) is 2.42. The fraction of sp³-hybridized carbons (Fsp3) is 0.688. The standard InChI is InChI=1S/C16H26N2O/c1-11-5-6-15(9-12(11)2)19-16-10-14(7-8-18-16)13(3)17-4/h7-8,10-13,15,17H,5-6,9H2,1-4H3. The zero-order valence-corrected chi connectivity index (χ0v) is 12.5. The molecule has 1 saturated carbocycles. The minimum atomic E-state index is 0.329. The second kappa shape index (κ2) is 6.38. The van der Waals surface area contributed by atoms with E-state index in [9.17, 15) is 0 Å². The minimum Gasteiger partial charge on any atom is -0.474 e. The Kier molecular flexibility index (Phi) is 4.81. The van der Waals surface area contributed by atoms with Gasteiger partial charge < -0.3 is 10.1 Å². The zero-order chi connectivity index (χ0) is 13.8. The van der Waals surface area contributed by atoms with Gasteiger partial charge in [0.15, 0.2) is 0 Å². The Morgan fingerprint density at radius 2 is 2.11 bits per heavy atom. The molecule has 2 rings (SSSR count). The van der Waals surface area contributed by atoms with Crippen LogP contribution in [0.1, 0.15) is 51.6 Å². The van der Waals surface area contributed by atoms with Crippen LogP contribution in [0, 0.1) is 11.8 Å². The van der Waals surface area contributed by atoms with Crippen LogP contribution < -0.4 is 10.1 Å². The summed E-state index contributed by atoms with van der Waals surface area (Å²) in [5.74, 6) is 2.34. The average molecular weight is 262 g/mol. The largest absolute Gasteiger partial charge is 0.474 e. The molecule has 3 heteroatoms. The van der Waals surface area contributed by atoms with Crippen molar-refractivity contribution >= 4 is 0 Å². The molecule has 1 aromatic rings.